The first-order valence-electron chi connectivity index (χ1n) is 11.9. The Morgan fingerprint density at radius 1 is 1.00 bits per heavy atom. The van der Waals surface area contributed by atoms with Gasteiger partial charge in [-0.25, -0.2) is 0 Å². The van der Waals surface area contributed by atoms with Gasteiger partial charge in [-0.2, -0.15) is 4.98 Å². The van der Waals surface area contributed by atoms with E-state index in [0.717, 1.165) is 56.9 Å². The number of anilines is 1. The summed E-state index contributed by atoms with van der Waals surface area (Å²) in [6.45, 7) is 5.05. The summed E-state index contributed by atoms with van der Waals surface area (Å²) >= 11 is 0. The topological polar surface area (TPSA) is 71.7 Å². The Labute approximate surface area is 193 Å². The fourth-order valence-corrected chi connectivity index (χ4v) is 5.14. The van der Waals surface area contributed by atoms with Crippen LogP contribution in [0.15, 0.2) is 47.0 Å². The van der Waals surface area contributed by atoms with E-state index in [0.29, 0.717) is 24.7 Å². The summed E-state index contributed by atoms with van der Waals surface area (Å²) in [4.78, 5) is 21.7. The summed E-state index contributed by atoms with van der Waals surface area (Å²) in [6.07, 6.45) is 3.85. The molecule has 0 spiro atoms. The molecule has 0 radical (unpaired) electrons. The minimum atomic E-state index is -0.0763. The summed E-state index contributed by atoms with van der Waals surface area (Å²) in [5.74, 6) is 1.16. The molecule has 0 N–H and O–H groups in total. The number of aryl methyl sites for hydroxylation is 2. The van der Waals surface area contributed by atoms with E-state index in [1.54, 1.807) is 0 Å². The standard InChI is InChI=1S/C26H28N4O3/c31-24-15-22(17-30(24)23-9-8-19-2-1-3-21(19)14-23)26-27-25(28-33-26)20-6-4-18(5-7-20)16-29-10-12-32-13-11-29/h4-9,14,22H,1-3,10-13,15-17H2. The van der Waals surface area contributed by atoms with E-state index >= 15 is 0 Å². The molecule has 2 aliphatic heterocycles. The third kappa shape index (κ3) is 4.18. The van der Waals surface area contributed by atoms with Crippen molar-refractivity contribution in [2.45, 2.75) is 38.1 Å². The molecule has 2 saturated heterocycles. The van der Waals surface area contributed by atoms with Crippen LogP contribution in [0.25, 0.3) is 11.4 Å². The lowest BCUT2D eigenvalue weighted by Crippen LogP contribution is -2.35. The van der Waals surface area contributed by atoms with Crippen LogP contribution >= 0.6 is 0 Å². The lowest BCUT2D eigenvalue weighted by atomic mass is 10.1. The van der Waals surface area contributed by atoms with Gasteiger partial charge in [0, 0.05) is 43.9 Å². The zero-order valence-electron chi connectivity index (χ0n) is 18.7. The summed E-state index contributed by atoms with van der Waals surface area (Å²) in [7, 11) is 0. The van der Waals surface area contributed by atoms with Crippen molar-refractivity contribution in [1.82, 2.24) is 15.0 Å². The Hall–Kier alpha value is -3.03. The highest BCUT2D eigenvalue weighted by atomic mass is 16.5. The van der Waals surface area contributed by atoms with Gasteiger partial charge in [0.1, 0.15) is 0 Å². The van der Waals surface area contributed by atoms with Crippen molar-refractivity contribution in [3.8, 4) is 11.4 Å². The predicted octanol–water partition coefficient (Wildman–Crippen LogP) is 3.58. The molecule has 3 heterocycles. The quantitative estimate of drug-likeness (QED) is 0.599. The van der Waals surface area contributed by atoms with Gasteiger partial charge in [-0.05, 0) is 48.1 Å². The van der Waals surface area contributed by atoms with Gasteiger partial charge in [-0.3, -0.25) is 9.69 Å². The van der Waals surface area contributed by atoms with Crippen LogP contribution < -0.4 is 4.90 Å². The Morgan fingerprint density at radius 3 is 2.67 bits per heavy atom. The molecule has 170 valence electrons. The van der Waals surface area contributed by atoms with Gasteiger partial charge in [0.05, 0.1) is 19.1 Å². The number of hydrogen-bond acceptors (Lipinski definition) is 6. The number of amides is 1. The second-order valence-corrected chi connectivity index (χ2v) is 9.25. The molecule has 7 heteroatoms. The smallest absolute Gasteiger partial charge is 0.232 e. The first-order valence-corrected chi connectivity index (χ1v) is 11.9. The van der Waals surface area contributed by atoms with E-state index in [4.69, 9.17) is 9.26 Å². The van der Waals surface area contributed by atoms with Gasteiger partial charge >= 0.3 is 0 Å². The number of benzene rings is 2. The SMILES string of the molecule is O=C1CC(c2nc(-c3ccc(CN4CCOCC4)cc3)no2)CN1c1ccc2c(c1)CCC2. The molecule has 3 aliphatic rings. The van der Waals surface area contributed by atoms with Crippen LogP contribution in [0.4, 0.5) is 5.69 Å². The summed E-state index contributed by atoms with van der Waals surface area (Å²) in [6, 6.07) is 14.8. The number of carbonyl (C=O) groups is 1. The second kappa shape index (κ2) is 8.72. The van der Waals surface area contributed by atoms with Crippen LogP contribution in [0, 0.1) is 0 Å². The molecule has 1 aromatic heterocycles. The van der Waals surface area contributed by atoms with Crippen LogP contribution in [-0.2, 0) is 28.9 Å². The van der Waals surface area contributed by atoms with E-state index in [9.17, 15) is 4.79 Å². The molecule has 7 nitrogen and oxygen atoms in total. The summed E-state index contributed by atoms with van der Waals surface area (Å²) < 4.78 is 11.0. The van der Waals surface area contributed by atoms with Crippen molar-refractivity contribution in [2.75, 3.05) is 37.7 Å². The fourth-order valence-electron chi connectivity index (χ4n) is 5.14. The number of hydrogen-bond donors (Lipinski definition) is 0. The van der Waals surface area contributed by atoms with Crippen molar-refractivity contribution in [3.63, 3.8) is 0 Å². The Kier molecular flexibility index (Phi) is 5.44. The second-order valence-electron chi connectivity index (χ2n) is 9.25. The summed E-state index contributed by atoms with van der Waals surface area (Å²) in [5, 5.41) is 4.20. The van der Waals surface area contributed by atoms with E-state index < -0.39 is 0 Å². The largest absolute Gasteiger partial charge is 0.379 e. The number of fused-ring (bicyclic) bond motifs is 1. The number of ether oxygens (including phenoxy) is 1. The minimum absolute atomic E-state index is 0.0763. The van der Waals surface area contributed by atoms with Crippen molar-refractivity contribution in [3.05, 3.63) is 65.0 Å². The monoisotopic (exact) mass is 444 g/mol. The maximum atomic E-state index is 12.8. The lowest BCUT2D eigenvalue weighted by molar-refractivity contribution is -0.117. The highest BCUT2D eigenvalue weighted by molar-refractivity contribution is 5.96. The molecule has 0 saturated carbocycles. The van der Waals surface area contributed by atoms with Gasteiger partial charge in [0.15, 0.2) is 0 Å². The number of rotatable bonds is 5. The average Bonchev–Trinajstić information content (AvgIpc) is 3.59. The molecule has 2 fully saturated rings. The number of carbonyl (C=O) groups excluding carboxylic acids is 1. The number of morpholine rings is 1. The van der Waals surface area contributed by atoms with Crippen molar-refractivity contribution in [1.29, 1.82) is 0 Å². The van der Waals surface area contributed by atoms with E-state index in [2.05, 4.69) is 45.4 Å². The molecule has 1 atom stereocenters. The first-order chi connectivity index (χ1) is 16.2. The third-order valence-corrected chi connectivity index (χ3v) is 7.03. The fraction of sp³-hybridized carbons (Fsp3) is 0.423. The van der Waals surface area contributed by atoms with Gasteiger partial charge in [0.25, 0.3) is 0 Å². The predicted molar refractivity (Wildman–Crippen MR) is 124 cm³/mol. The molecule has 2 aromatic carbocycles. The highest BCUT2D eigenvalue weighted by Crippen LogP contribution is 2.34. The Morgan fingerprint density at radius 2 is 1.82 bits per heavy atom. The van der Waals surface area contributed by atoms with Crippen LogP contribution in [0.2, 0.25) is 0 Å². The van der Waals surface area contributed by atoms with Gasteiger partial charge < -0.3 is 14.2 Å². The van der Waals surface area contributed by atoms with Crippen molar-refractivity contribution < 1.29 is 14.1 Å². The van der Waals surface area contributed by atoms with E-state index in [1.165, 1.54) is 23.1 Å². The highest BCUT2D eigenvalue weighted by Gasteiger charge is 2.35. The summed E-state index contributed by atoms with van der Waals surface area (Å²) in [5.41, 5.74) is 5.96. The number of aromatic nitrogens is 2. The molecule has 6 rings (SSSR count). The molecule has 1 amide bonds. The zero-order valence-corrected chi connectivity index (χ0v) is 18.7. The minimum Gasteiger partial charge on any atom is -0.379 e. The van der Waals surface area contributed by atoms with Crippen molar-refractivity contribution >= 4 is 11.6 Å². The number of nitrogens with zero attached hydrogens (tertiary/aromatic N) is 4. The average molecular weight is 445 g/mol. The third-order valence-electron chi connectivity index (χ3n) is 7.03. The molecule has 33 heavy (non-hydrogen) atoms. The van der Waals surface area contributed by atoms with E-state index in [1.807, 2.05) is 17.0 Å². The molecular weight excluding hydrogens is 416 g/mol. The molecule has 1 aliphatic carbocycles. The van der Waals surface area contributed by atoms with Gasteiger partial charge in [-0.1, -0.05) is 35.5 Å². The molecular formula is C26H28N4O3. The van der Waals surface area contributed by atoms with Crippen LogP contribution in [0.5, 0.6) is 0 Å². The normalized spacial score (nSPS) is 21.0. The Bertz CT molecular complexity index is 1150. The zero-order chi connectivity index (χ0) is 22.2. The maximum Gasteiger partial charge on any atom is 0.232 e. The van der Waals surface area contributed by atoms with Crippen LogP contribution in [-0.4, -0.2) is 53.8 Å². The van der Waals surface area contributed by atoms with Crippen molar-refractivity contribution in [2.24, 2.45) is 0 Å². The van der Waals surface area contributed by atoms with Crippen LogP contribution in [0.1, 0.15) is 41.3 Å². The van der Waals surface area contributed by atoms with Gasteiger partial charge in [-0.15, -0.1) is 0 Å². The van der Waals surface area contributed by atoms with Crippen LogP contribution in [0.3, 0.4) is 0 Å². The Balaban J connectivity index is 1.13. The molecule has 3 aromatic rings. The van der Waals surface area contributed by atoms with Gasteiger partial charge in [0.2, 0.25) is 17.6 Å². The molecule has 0 bridgehead atoms. The lowest BCUT2D eigenvalue weighted by Gasteiger charge is -2.26. The molecule has 1 unspecified atom stereocenters. The maximum absolute atomic E-state index is 12.8. The first kappa shape index (κ1) is 20.6. The van der Waals surface area contributed by atoms with E-state index in [-0.39, 0.29) is 11.8 Å².